The predicted molar refractivity (Wildman–Crippen MR) is 110 cm³/mol. The van der Waals surface area contributed by atoms with E-state index in [2.05, 4.69) is 5.32 Å². The molecule has 2 rings (SSSR count). The first-order valence-corrected chi connectivity index (χ1v) is 10.0. The number of rotatable bonds is 10. The van der Waals surface area contributed by atoms with Gasteiger partial charge in [-0.3, -0.25) is 4.55 Å². The predicted octanol–water partition coefficient (Wildman–Crippen LogP) is 3.32. The van der Waals surface area contributed by atoms with Crippen LogP contribution >= 0.6 is 24.0 Å². The summed E-state index contributed by atoms with van der Waals surface area (Å²) >= 11 is 6.33. The fraction of sp³-hybridized carbons (Fsp3) is 0.333. The summed E-state index contributed by atoms with van der Waals surface area (Å²) in [5.41, 5.74) is 0.545. The second-order valence-corrected chi connectivity index (χ2v) is 7.47. The lowest BCUT2D eigenvalue weighted by Crippen LogP contribution is -2.24. The normalized spacial score (nSPS) is 12.0. The van der Waals surface area contributed by atoms with E-state index >= 15 is 0 Å². The van der Waals surface area contributed by atoms with E-state index in [4.69, 9.17) is 25.8 Å². The van der Waals surface area contributed by atoms with E-state index < -0.39 is 15.5 Å². The van der Waals surface area contributed by atoms with Crippen LogP contribution in [0.5, 0.6) is 17.2 Å². The van der Waals surface area contributed by atoms with Crippen molar-refractivity contribution in [2.45, 2.75) is 10.3 Å². The SMILES string of the molecule is COc1ccccc1OCCNCC(Cl)c1ccc(OC)c(S(=O)(=O)O)c1.Cl. The maximum absolute atomic E-state index is 11.5. The minimum atomic E-state index is -4.40. The zero-order valence-corrected chi connectivity index (χ0v) is 17.8. The molecule has 1 unspecified atom stereocenters. The van der Waals surface area contributed by atoms with Gasteiger partial charge in [0.1, 0.15) is 17.3 Å². The molecule has 0 heterocycles. The molecule has 1 atom stereocenters. The first kappa shape index (κ1) is 24.3. The molecule has 0 saturated carbocycles. The highest BCUT2D eigenvalue weighted by Gasteiger charge is 2.19. The minimum absolute atomic E-state index is 0. The third kappa shape index (κ3) is 6.72. The Morgan fingerprint density at radius 1 is 1.07 bits per heavy atom. The van der Waals surface area contributed by atoms with Gasteiger partial charge in [0.2, 0.25) is 0 Å². The monoisotopic (exact) mass is 451 g/mol. The Kier molecular flexibility index (Phi) is 9.84. The lowest BCUT2D eigenvalue weighted by molar-refractivity contribution is 0.292. The van der Waals surface area contributed by atoms with Crippen LogP contribution in [-0.2, 0) is 10.1 Å². The number of methoxy groups -OCH3 is 2. The van der Waals surface area contributed by atoms with E-state index in [0.717, 1.165) is 0 Å². The number of nitrogens with one attached hydrogen (secondary N) is 1. The highest BCUT2D eigenvalue weighted by atomic mass is 35.5. The van der Waals surface area contributed by atoms with Crippen LogP contribution in [0.2, 0.25) is 0 Å². The summed E-state index contributed by atoms with van der Waals surface area (Å²) in [7, 11) is -1.50. The summed E-state index contributed by atoms with van der Waals surface area (Å²) < 4.78 is 48.1. The van der Waals surface area contributed by atoms with E-state index in [1.165, 1.54) is 19.2 Å². The van der Waals surface area contributed by atoms with Crippen LogP contribution < -0.4 is 19.5 Å². The first-order chi connectivity index (χ1) is 12.9. The van der Waals surface area contributed by atoms with Crippen LogP contribution in [-0.4, -0.2) is 46.9 Å². The van der Waals surface area contributed by atoms with Crippen molar-refractivity contribution in [3.63, 3.8) is 0 Å². The quantitative estimate of drug-likeness (QED) is 0.325. The van der Waals surface area contributed by atoms with Crippen LogP contribution in [0.3, 0.4) is 0 Å². The van der Waals surface area contributed by atoms with Gasteiger partial charge in [-0.25, -0.2) is 0 Å². The average molecular weight is 452 g/mol. The first-order valence-electron chi connectivity index (χ1n) is 8.13. The van der Waals surface area contributed by atoms with Gasteiger partial charge in [-0.2, -0.15) is 8.42 Å². The van der Waals surface area contributed by atoms with Gasteiger partial charge in [0.05, 0.1) is 19.6 Å². The van der Waals surface area contributed by atoms with E-state index in [1.807, 2.05) is 24.3 Å². The standard InChI is InChI=1S/C18H22ClNO6S.ClH/c1-24-15-5-3-4-6-16(15)26-10-9-20-12-14(19)13-7-8-17(25-2)18(11-13)27(21,22)23;/h3-8,11,14,20H,9-10,12H2,1-2H3,(H,21,22,23);1H. The van der Waals surface area contributed by atoms with Gasteiger partial charge in [-0.15, -0.1) is 24.0 Å². The van der Waals surface area contributed by atoms with Crippen molar-refractivity contribution in [2.24, 2.45) is 0 Å². The van der Waals surface area contributed by atoms with Gasteiger partial charge in [0, 0.05) is 13.1 Å². The molecule has 2 N–H and O–H groups in total. The summed E-state index contributed by atoms with van der Waals surface area (Å²) in [6, 6.07) is 11.8. The highest BCUT2D eigenvalue weighted by molar-refractivity contribution is 7.86. The van der Waals surface area contributed by atoms with Crippen molar-refractivity contribution < 1.29 is 27.2 Å². The molecule has 10 heteroatoms. The number of benzene rings is 2. The van der Waals surface area contributed by atoms with Gasteiger partial charge in [0.15, 0.2) is 11.5 Å². The van der Waals surface area contributed by atoms with Gasteiger partial charge >= 0.3 is 0 Å². The molecule has 28 heavy (non-hydrogen) atoms. The Labute approximate surface area is 176 Å². The van der Waals surface area contributed by atoms with Gasteiger partial charge in [-0.1, -0.05) is 18.2 Å². The summed E-state index contributed by atoms with van der Waals surface area (Å²) in [6.07, 6.45) is 0. The molecule has 0 saturated heterocycles. The molecule has 0 aliphatic carbocycles. The molecule has 0 bridgehead atoms. The Morgan fingerprint density at radius 2 is 1.71 bits per heavy atom. The third-order valence-electron chi connectivity index (χ3n) is 3.76. The Bertz CT molecular complexity index is 863. The second-order valence-electron chi connectivity index (χ2n) is 5.56. The largest absolute Gasteiger partial charge is 0.495 e. The van der Waals surface area contributed by atoms with E-state index in [-0.39, 0.29) is 23.1 Å². The molecule has 0 amide bonds. The number of halogens is 2. The molecule has 0 fully saturated rings. The molecule has 156 valence electrons. The molecular formula is C18H23Cl2NO6S. The molecule has 2 aromatic rings. The molecule has 0 radical (unpaired) electrons. The van der Waals surface area contributed by atoms with Crippen LogP contribution in [0.4, 0.5) is 0 Å². The third-order valence-corrected chi connectivity index (χ3v) is 5.04. The fourth-order valence-corrected chi connectivity index (χ4v) is 3.34. The summed E-state index contributed by atoms with van der Waals surface area (Å²) in [5, 5.41) is 2.64. The highest BCUT2D eigenvalue weighted by Crippen LogP contribution is 2.29. The van der Waals surface area contributed by atoms with Crippen LogP contribution in [0.15, 0.2) is 47.4 Å². The lowest BCUT2D eigenvalue weighted by Gasteiger charge is -2.14. The Balaban J connectivity index is 0.00000392. The summed E-state index contributed by atoms with van der Waals surface area (Å²) in [4.78, 5) is -0.312. The number of para-hydroxylation sites is 2. The molecule has 0 spiro atoms. The smallest absolute Gasteiger partial charge is 0.298 e. The van der Waals surface area contributed by atoms with Crippen LogP contribution in [0, 0.1) is 0 Å². The topological polar surface area (TPSA) is 94.1 Å². The van der Waals surface area contributed by atoms with Crippen molar-refractivity contribution in [2.75, 3.05) is 33.9 Å². The minimum Gasteiger partial charge on any atom is -0.495 e. The summed E-state index contributed by atoms with van der Waals surface area (Å²) in [6.45, 7) is 1.32. The summed E-state index contributed by atoms with van der Waals surface area (Å²) in [5.74, 6) is 1.36. The van der Waals surface area contributed by atoms with E-state index in [9.17, 15) is 13.0 Å². The maximum atomic E-state index is 11.5. The molecule has 7 nitrogen and oxygen atoms in total. The van der Waals surface area contributed by atoms with Crippen LogP contribution in [0.1, 0.15) is 10.9 Å². The van der Waals surface area contributed by atoms with Crippen molar-refractivity contribution in [3.05, 3.63) is 48.0 Å². The molecule has 2 aromatic carbocycles. The van der Waals surface area contributed by atoms with Gasteiger partial charge in [0.25, 0.3) is 10.1 Å². The fourth-order valence-electron chi connectivity index (χ4n) is 2.41. The maximum Gasteiger partial charge on any atom is 0.298 e. The number of alkyl halides is 1. The molecule has 0 aromatic heterocycles. The lowest BCUT2D eigenvalue weighted by atomic mass is 10.1. The average Bonchev–Trinajstić information content (AvgIpc) is 2.66. The van der Waals surface area contributed by atoms with Crippen molar-refractivity contribution in [1.29, 1.82) is 0 Å². The van der Waals surface area contributed by atoms with Gasteiger partial charge < -0.3 is 19.5 Å². The van der Waals surface area contributed by atoms with E-state index in [1.54, 1.807) is 13.2 Å². The Morgan fingerprint density at radius 3 is 2.32 bits per heavy atom. The zero-order chi connectivity index (χ0) is 19.9. The van der Waals surface area contributed by atoms with Gasteiger partial charge in [-0.05, 0) is 29.8 Å². The second kappa shape index (κ2) is 11.3. The van der Waals surface area contributed by atoms with Crippen molar-refractivity contribution in [3.8, 4) is 17.2 Å². The molecular weight excluding hydrogens is 429 g/mol. The van der Waals surface area contributed by atoms with Crippen LogP contribution in [0.25, 0.3) is 0 Å². The molecule has 0 aliphatic rings. The zero-order valence-electron chi connectivity index (χ0n) is 15.4. The number of hydrogen-bond acceptors (Lipinski definition) is 6. The molecule has 0 aliphatic heterocycles. The van der Waals surface area contributed by atoms with E-state index in [0.29, 0.717) is 36.8 Å². The number of hydrogen-bond donors (Lipinski definition) is 2. The van der Waals surface area contributed by atoms with Crippen molar-refractivity contribution >= 4 is 34.1 Å². The Hall–Kier alpha value is -1.71. The number of ether oxygens (including phenoxy) is 3. The van der Waals surface area contributed by atoms with Crippen molar-refractivity contribution in [1.82, 2.24) is 5.32 Å².